The summed E-state index contributed by atoms with van der Waals surface area (Å²) >= 11 is 5.94. The summed E-state index contributed by atoms with van der Waals surface area (Å²) in [4.78, 5) is 12.2. The van der Waals surface area contributed by atoms with E-state index in [2.05, 4.69) is 10.4 Å². The van der Waals surface area contributed by atoms with Crippen molar-refractivity contribution < 1.29 is 4.79 Å². The van der Waals surface area contributed by atoms with Crippen LogP contribution in [0.2, 0.25) is 5.02 Å². The predicted molar refractivity (Wildman–Crippen MR) is 76.8 cm³/mol. The van der Waals surface area contributed by atoms with Crippen LogP contribution in [0.4, 0.5) is 5.69 Å². The van der Waals surface area contributed by atoms with Crippen molar-refractivity contribution >= 4 is 23.2 Å². The van der Waals surface area contributed by atoms with Crippen LogP contribution in [0.3, 0.4) is 0 Å². The minimum absolute atomic E-state index is 0.164. The van der Waals surface area contributed by atoms with Crippen molar-refractivity contribution in [1.82, 2.24) is 9.78 Å². The van der Waals surface area contributed by atoms with Gasteiger partial charge >= 0.3 is 0 Å². The van der Waals surface area contributed by atoms with E-state index in [1.54, 1.807) is 23.0 Å². The molecule has 0 aliphatic heterocycles. The Morgan fingerprint density at radius 2 is 2.16 bits per heavy atom. The molecule has 0 aliphatic carbocycles. The van der Waals surface area contributed by atoms with E-state index in [-0.39, 0.29) is 5.91 Å². The Bertz CT molecular complexity index is 619. The Morgan fingerprint density at radius 1 is 1.42 bits per heavy atom. The van der Waals surface area contributed by atoms with Gasteiger partial charge in [0.25, 0.3) is 5.91 Å². The lowest BCUT2D eigenvalue weighted by atomic mass is 10.2. The predicted octanol–water partition coefficient (Wildman–Crippen LogP) is 3.43. The fourth-order valence-corrected chi connectivity index (χ4v) is 1.99. The van der Waals surface area contributed by atoms with Crippen molar-refractivity contribution in [2.75, 3.05) is 5.32 Å². The van der Waals surface area contributed by atoms with Crippen molar-refractivity contribution in [2.24, 2.45) is 0 Å². The number of aromatic nitrogens is 2. The van der Waals surface area contributed by atoms with Gasteiger partial charge < -0.3 is 5.32 Å². The smallest absolute Gasteiger partial charge is 0.259 e. The second-order valence-electron chi connectivity index (χ2n) is 4.40. The molecule has 2 aromatic rings. The maximum Gasteiger partial charge on any atom is 0.259 e. The number of halogens is 1. The molecule has 1 heterocycles. The van der Waals surface area contributed by atoms with Crippen molar-refractivity contribution in [3.63, 3.8) is 0 Å². The summed E-state index contributed by atoms with van der Waals surface area (Å²) in [5, 5.41) is 7.73. The van der Waals surface area contributed by atoms with Gasteiger partial charge in [-0.05, 0) is 38.5 Å². The van der Waals surface area contributed by atoms with Gasteiger partial charge in [0.2, 0.25) is 0 Å². The highest BCUT2D eigenvalue weighted by Gasteiger charge is 2.14. The summed E-state index contributed by atoms with van der Waals surface area (Å²) in [6.07, 6.45) is 1.75. The molecule has 0 radical (unpaired) electrons. The Kier molecular flexibility index (Phi) is 3.90. The molecule has 0 aliphatic rings. The van der Waals surface area contributed by atoms with E-state index in [1.165, 1.54) is 0 Å². The van der Waals surface area contributed by atoms with Crippen molar-refractivity contribution in [1.29, 1.82) is 0 Å². The van der Waals surface area contributed by atoms with Gasteiger partial charge in [-0.1, -0.05) is 17.7 Å². The number of rotatable bonds is 3. The van der Waals surface area contributed by atoms with Gasteiger partial charge in [-0.25, -0.2) is 0 Å². The molecule has 0 saturated heterocycles. The average molecular weight is 278 g/mol. The highest BCUT2D eigenvalue weighted by molar-refractivity contribution is 6.31. The van der Waals surface area contributed by atoms with Crippen LogP contribution in [-0.2, 0) is 6.54 Å². The molecule has 0 atom stereocenters. The molecule has 100 valence electrons. The fraction of sp³-hybridized carbons (Fsp3) is 0.286. The summed E-state index contributed by atoms with van der Waals surface area (Å²) < 4.78 is 1.75. The van der Waals surface area contributed by atoms with Crippen LogP contribution in [-0.4, -0.2) is 15.7 Å². The zero-order chi connectivity index (χ0) is 14.0. The number of amides is 1. The zero-order valence-electron chi connectivity index (χ0n) is 11.2. The first-order valence-electron chi connectivity index (χ1n) is 6.12. The van der Waals surface area contributed by atoms with Crippen LogP contribution < -0.4 is 5.32 Å². The molecule has 0 bridgehead atoms. The van der Waals surface area contributed by atoms with E-state index in [4.69, 9.17) is 11.6 Å². The van der Waals surface area contributed by atoms with Gasteiger partial charge in [0.05, 0.1) is 11.3 Å². The number of anilines is 1. The van der Waals surface area contributed by atoms with Gasteiger partial charge in [0.15, 0.2) is 0 Å². The zero-order valence-corrected chi connectivity index (χ0v) is 12.0. The van der Waals surface area contributed by atoms with E-state index < -0.39 is 0 Å². The summed E-state index contributed by atoms with van der Waals surface area (Å²) in [7, 11) is 0. The molecular formula is C14H16ClN3O. The van der Waals surface area contributed by atoms with Crippen LogP contribution in [0.25, 0.3) is 0 Å². The average Bonchev–Trinajstić information content (AvgIpc) is 2.75. The molecule has 0 fully saturated rings. The normalized spacial score (nSPS) is 10.5. The highest BCUT2D eigenvalue weighted by Crippen LogP contribution is 2.21. The maximum absolute atomic E-state index is 12.2. The van der Waals surface area contributed by atoms with Gasteiger partial charge in [-0.3, -0.25) is 9.48 Å². The quantitative estimate of drug-likeness (QED) is 0.934. The Hall–Kier alpha value is -1.81. The van der Waals surface area contributed by atoms with Crippen LogP contribution >= 0.6 is 11.6 Å². The van der Waals surface area contributed by atoms with Crippen molar-refractivity contribution in [3.8, 4) is 0 Å². The first kappa shape index (κ1) is 13.6. The van der Waals surface area contributed by atoms with Gasteiger partial charge in [-0.15, -0.1) is 0 Å². The number of nitrogens with one attached hydrogen (secondary N) is 1. The molecule has 19 heavy (non-hydrogen) atoms. The molecule has 0 unspecified atom stereocenters. The lowest BCUT2D eigenvalue weighted by Gasteiger charge is -2.08. The monoisotopic (exact) mass is 277 g/mol. The van der Waals surface area contributed by atoms with Crippen molar-refractivity contribution in [3.05, 3.63) is 46.2 Å². The van der Waals surface area contributed by atoms with E-state index >= 15 is 0 Å². The molecule has 4 nitrogen and oxygen atoms in total. The third kappa shape index (κ3) is 2.96. The Balaban J connectivity index is 2.25. The summed E-state index contributed by atoms with van der Waals surface area (Å²) in [5.41, 5.74) is 3.00. The Labute approximate surface area is 117 Å². The second-order valence-corrected chi connectivity index (χ2v) is 4.83. The van der Waals surface area contributed by atoms with E-state index in [0.717, 1.165) is 23.5 Å². The summed E-state index contributed by atoms with van der Waals surface area (Å²) in [6, 6.07) is 5.42. The molecule has 0 saturated carbocycles. The van der Waals surface area contributed by atoms with Gasteiger partial charge in [0, 0.05) is 23.5 Å². The fourth-order valence-electron chi connectivity index (χ4n) is 1.82. The molecule has 2 rings (SSSR count). The number of carbonyl (C=O) groups excluding carboxylic acids is 1. The van der Waals surface area contributed by atoms with Gasteiger partial charge in [0.1, 0.15) is 0 Å². The first-order valence-corrected chi connectivity index (χ1v) is 6.50. The number of aryl methyl sites for hydroxylation is 3. The lowest BCUT2D eigenvalue weighted by Crippen LogP contribution is -2.13. The van der Waals surface area contributed by atoms with Gasteiger partial charge in [-0.2, -0.15) is 5.10 Å². The molecule has 1 aromatic carbocycles. The minimum atomic E-state index is -0.164. The van der Waals surface area contributed by atoms with Crippen LogP contribution in [0.5, 0.6) is 0 Å². The van der Waals surface area contributed by atoms with Crippen LogP contribution in [0.1, 0.15) is 28.5 Å². The third-order valence-corrected chi connectivity index (χ3v) is 3.20. The van der Waals surface area contributed by atoms with Crippen LogP contribution in [0, 0.1) is 13.8 Å². The van der Waals surface area contributed by atoms with Crippen LogP contribution in [0.15, 0.2) is 24.4 Å². The lowest BCUT2D eigenvalue weighted by molar-refractivity contribution is 0.102. The molecular weight excluding hydrogens is 262 g/mol. The van der Waals surface area contributed by atoms with Crippen molar-refractivity contribution in [2.45, 2.75) is 27.3 Å². The molecule has 0 spiro atoms. The second kappa shape index (κ2) is 5.45. The molecule has 1 amide bonds. The number of nitrogens with zero attached hydrogens (tertiary/aromatic N) is 2. The summed E-state index contributed by atoms with van der Waals surface area (Å²) in [5.74, 6) is -0.164. The third-order valence-electron chi connectivity index (χ3n) is 2.96. The molecule has 5 heteroatoms. The SMILES string of the molecule is CCn1cc(C(=O)Nc2cc(Cl)ccc2C)c(C)n1. The first-order chi connectivity index (χ1) is 9.01. The van der Waals surface area contributed by atoms with E-state index in [1.807, 2.05) is 26.8 Å². The highest BCUT2D eigenvalue weighted by atomic mass is 35.5. The molecule has 1 aromatic heterocycles. The number of carbonyl (C=O) groups is 1. The number of benzene rings is 1. The van der Waals surface area contributed by atoms with E-state index in [0.29, 0.717) is 10.6 Å². The molecule has 1 N–H and O–H groups in total. The minimum Gasteiger partial charge on any atom is -0.322 e. The Morgan fingerprint density at radius 3 is 2.79 bits per heavy atom. The topological polar surface area (TPSA) is 46.9 Å². The van der Waals surface area contributed by atoms with E-state index in [9.17, 15) is 4.79 Å². The number of hydrogen-bond donors (Lipinski definition) is 1. The number of hydrogen-bond acceptors (Lipinski definition) is 2. The standard InChI is InChI=1S/C14H16ClN3O/c1-4-18-8-12(10(3)17-18)14(19)16-13-7-11(15)6-5-9(13)2/h5-8H,4H2,1-3H3,(H,16,19). The maximum atomic E-state index is 12.2. The largest absolute Gasteiger partial charge is 0.322 e. The summed E-state index contributed by atoms with van der Waals surface area (Å²) in [6.45, 7) is 6.47.